The highest BCUT2D eigenvalue weighted by molar-refractivity contribution is 5.84. The minimum Gasteiger partial charge on any atom is -0.316 e. The first-order valence-electron chi connectivity index (χ1n) is 7.08. The summed E-state index contributed by atoms with van der Waals surface area (Å²) >= 11 is 0. The first-order valence-corrected chi connectivity index (χ1v) is 7.08. The van der Waals surface area contributed by atoms with Crippen molar-refractivity contribution in [1.29, 1.82) is 0 Å². The van der Waals surface area contributed by atoms with Crippen LogP contribution >= 0.6 is 0 Å². The van der Waals surface area contributed by atoms with Gasteiger partial charge in [0.25, 0.3) is 0 Å². The molecule has 96 valence electrons. The molecule has 2 unspecified atom stereocenters. The molecule has 1 N–H and O–H groups in total. The van der Waals surface area contributed by atoms with E-state index < -0.39 is 0 Å². The molecule has 0 bridgehead atoms. The van der Waals surface area contributed by atoms with Crippen molar-refractivity contribution >= 4 is 5.78 Å². The summed E-state index contributed by atoms with van der Waals surface area (Å²) in [5, 5.41) is 3.31. The van der Waals surface area contributed by atoms with Gasteiger partial charge in [-0.1, -0.05) is 25.1 Å². The predicted octanol–water partition coefficient (Wildman–Crippen LogP) is 2.14. The lowest BCUT2D eigenvalue weighted by Crippen LogP contribution is -2.23. The molecule has 1 heterocycles. The van der Waals surface area contributed by atoms with Crippen LogP contribution in [0, 0.1) is 11.8 Å². The zero-order valence-electron chi connectivity index (χ0n) is 11.0. The lowest BCUT2D eigenvalue weighted by Gasteiger charge is -2.13. The second-order valence-electron chi connectivity index (χ2n) is 5.84. The molecule has 1 aromatic rings. The second-order valence-corrected chi connectivity index (χ2v) is 5.84. The van der Waals surface area contributed by atoms with Crippen LogP contribution in [-0.2, 0) is 24.1 Å². The van der Waals surface area contributed by atoms with Gasteiger partial charge in [0.1, 0.15) is 5.78 Å². The van der Waals surface area contributed by atoms with Gasteiger partial charge < -0.3 is 5.32 Å². The Balaban J connectivity index is 1.71. The van der Waals surface area contributed by atoms with Gasteiger partial charge in [-0.2, -0.15) is 0 Å². The molecule has 0 amide bonds. The fourth-order valence-electron chi connectivity index (χ4n) is 3.31. The Morgan fingerprint density at radius 2 is 2.11 bits per heavy atom. The lowest BCUT2D eigenvalue weighted by molar-refractivity contribution is -0.122. The van der Waals surface area contributed by atoms with Crippen molar-refractivity contribution in [3.8, 4) is 0 Å². The van der Waals surface area contributed by atoms with E-state index in [-0.39, 0.29) is 5.92 Å². The summed E-state index contributed by atoms with van der Waals surface area (Å²) in [4.78, 5) is 12.3. The number of ketones is 1. The van der Waals surface area contributed by atoms with Crippen molar-refractivity contribution in [2.75, 3.05) is 13.1 Å². The van der Waals surface area contributed by atoms with Crippen LogP contribution in [0.15, 0.2) is 18.2 Å². The third-order valence-corrected chi connectivity index (χ3v) is 4.47. The molecule has 0 saturated carbocycles. The molecule has 2 heteroatoms. The first kappa shape index (κ1) is 11.9. The van der Waals surface area contributed by atoms with Gasteiger partial charge in [0.05, 0.1) is 0 Å². The third kappa shape index (κ3) is 2.22. The number of benzene rings is 1. The molecule has 0 radical (unpaired) electrons. The highest BCUT2D eigenvalue weighted by atomic mass is 16.1. The smallest absolute Gasteiger partial charge is 0.141 e. The minimum absolute atomic E-state index is 0.221. The molecule has 1 aliphatic carbocycles. The zero-order valence-corrected chi connectivity index (χ0v) is 11.0. The van der Waals surface area contributed by atoms with E-state index in [1.54, 1.807) is 0 Å². The molecule has 1 aromatic carbocycles. The Bertz CT molecular complexity index is 466. The van der Waals surface area contributed by atoms with Gasteiger partial charge in [0.2, 0.25) is 0 Å². The van der Waals surface area contributed by atoms with Crippen molar-refractivity contribution in [2.24, 2.45) is 11.8 Å². The summed E-state index contributed by atoms with van der Waals surface area (Å²) < 4.78 is 0. The lowest BCUT2D eigenvalue weighted by atomic mass is 9.89. The number of carbonyl (C=O) groups excluding carboxylic acids is 1. The average Bonchev–Trinajstić information content (AvgIpc) is 2.96. The fraction of sp³-hybridized carbons (Fsp3) is 0.562. The Morgan fingerprint density at radius 3 is 2.89 bits per heavy atom. The Kier molecular flexibility index (Phi) is 3.21. The van der Waals surface area contributed by atoms with E-state index in [0.717, 1.165) is 13.1 Å². The maximum atomic E-state index is 12.3. The van der Waals surface area contributed by atoms with Crippen LogP contribution in [0.25, 0.3) is 0 Å². The maximum Gasteiger partial charge on any atom is 0.141 e. The summed E-state index contributed by atoms with van der Waals surface area (Å²) in [5.74, 6) is 1.12. The number of fused-ring (bicyclic) bond motifs is 1. The van der Waals surface area contributed by atoms with Crippen LogP contribution in [0.1, 0.15) is 30.0 Å². The zero-order chi connectivity index (χ0) is 12.5. The number of aryl methyl sites for hydroxylation is 2. The van der Waals surface area contributed by atoms with Crippen LogP contribution in [0.2, 0.25) is 0 Å². The highest BCUT2D eigenvalue weighted by Gasteiger charge is 2.29. The summed E-state index contributed by atoms with van der Waals surface area (Å²) in [5.41, 5.74) is 4.17. The summed E-state index contributed by atoms with van der Waals surface area (Å²) in [6, 6.07) is 6.63. The van der Waals surface area contributed by atoms with E-state index in [0.29, 0.717) is 18.1 Å². The predicted molar refractivity (Wildman–Crippen MR) is 72.7 cm³/mol. The monoisotopic (exact) mass is 243 g/mol. The van der Waals surface area contributed by atoms with Crippen molar-refractivity contribution in [3.63, 3.8) is 0 Å². The van der Waals surface area contributed by atoms with Crippen LogP contribution in [0.4, 0.5) is 0 Å². The molecular weight excluding hydrogens is 222 g/mol. The quantitative estimate of drug-likeness (QED) is 0.881. The largest absolute Gasteiger partial charge is 0.316 e. The van der Waals surface area contributed by atoms with Gasteiger partial charge in [-0.05, 0) is 48.4 Å². The molecule has 1 aliphatic heterocycles. The van der Waals surface area contributed by atoms with Crippen LogP contribution < -0.4 is 5.32 Å². The van der Waals surface area contributed by atoms with E-state index >= 15 is 0 Å². The fourth-order valence-corrected chi connectivity index (χ4v) is 3.31. The highest BCUT2D eigenvalue weighted by Crippen LogP contribution is 2.24. The Morgan fingerprint density at radius 1 is 1.28 bits per heavy atom. The Hall–Kier alpha value is -1.15. The van der Waals surface area contributed by atoms with E-state index in [2.05, 4.69) is 30.4 Å². The maximum absolute atomic E-state index is 12.3. The number of Topliss-reactive ketones (excluding diaryl/α,β-unsaturated/α-hetero) is 1. The number of carbonyl (C=O) groups is 1. The number of hydrogen-bond acceptors (Lipinski definition) is 2. The first-order chi connectivity index (χ1) is 8.74. The van der Waals surface area contributed by atoms with Gasteiger partial charge in [-0.3, -0.25) is 4.79 Å². The summed E-state index contributed by atoms with van der Waals surface area (Å²) in [6.45, 7) is 4.02. The molecule has 1 fully saturated rings. The van der Waals surface area contributed by atoms with E-state index in [1.165, 1.54) is 36.0 Å². The van der Waals surface area contributed by atoms with E-state index in [1.807, 2.05) is 0 Å². The van der Waals surface area contributed by atoms with Crippen molar-refractivity contribution in [1.82, 2.24) is 5.32 Å². The molecule has 0 aromatic heterocycles. The summed E-state index contributed by atoms with van der Waals surface area (Å²) in [7, 11) is 0. The topological polar surface area (TPSA) is 29.1 Å². The molecule has 18 heavy (non-hydrogen) atoms. The average molecular weight is 243 g/mol. The summed E-state index contributed by atoms with van der Waals surface area (Å²) in [6.07, 6.45) is 4.30. The van der Waals surface area contributed by atoms with Crippen molar-refractivity contribution < 1.29 is 4.79 Å². The minimum atomic E-state index is 0.221. The Labute approximate surface area is 109 Å². The van der Waals surface area contributed by atoms with Gasteiger partial charge in [0, 0.05) is 18.9 Å². The van der Waals surface area contributed by atoms with Crippen LogP contribution in [0.5, 0.6) is 0 Å². The normalized spacial score (nSPS) is 26.3. The third-order valence-electron chi connectivity index (χ3n) is 4.47. The molecule has 2 atom stereocenters. The van der Waals surface area contributed by atoms with Gasteiger partial charge in [-0.15, -0.1) is 0 Å². The number of nitrogens with one attached hydrogen (secondary N) is 1. The molecule has 0 spiro atoms. The standard InChI is InChI=1S/C16H21NO/c1-11-9-17-10-15(11)16(18)8-12-5-6-13-3-2-4-14(13)7-12/h5-7,11,15,17H,2-4,8-10H2,1H3. The number of rotatable bonds is 3. The molecule has 2 aliphatic rings. The second kappa shape index (κ2) is 4.85. The van der Waals surface area contributed by atoms with Crippen molar-refractivity contribution in [2.45, 2.75) is 32.6 Å². The van der Waals surface area contributed by atoms with Crippen LogP contribution in [-0.4, -0.2) is 18.9 Å². The van der Waals surface area contributed by atoms with E-state index in [9.17, 15) is 4.79 Å². The van der Waals surface area contributed by atoms with Crippen molar-refractivity contribution in [3.05, 3.63) is 34.9 Å². The van der Waals surface area contributed by atoms with Gasteiger partial charge in [0.15, 0.2) is 0 Å². The van der Waals surface area contributed by atoms with Crippen LogP contribution in [0.3, 0.4) is 0 Å². The molecular formula is C16H21NO. The molecule has 3 rings (SSSR count). The van der Waals surface area contributed by atoms with Gasteiger partial charge in [-0.25, -0.2) is 0 Å². The SMILES string of the molecule is CC1CNCC1C(=O)Cc1ccc2c(c1)CCC2. The van der Waals surface area contributed by atoms with Gasteiger partial charge >= 0.3 is 0 Å². The van der Waals surface area contributed by atoms with E-state index in [4.69, 9.17) is 0 Å². The molecule has 1 saturated heterocycles. The number of hydrogen-bond donors (Lipinski definition) is 1. The molecule has 2 nitrogen and oxygen atoms in total.